The van der Waals surface area contributed by atoms with Crippen molar-refractivity contribution in [2.24, 2.45) is 11.7 Å². The zero-order chi connectivity index (χ0) is 8.27. The van der Waals surface area contributed by atoms with Crippen LogP contribution in [0.15, 0.2) is 11.6 Å². The molecular formula is C8H11NO2. The summed E-state index contributed by atoms with van der Waals surface area (Å²) in [6.07, 6.45) is 5.17. The Hall–Kier alpha value is -1.12. The van der Waals surface area contributed by atoms with Crippen LogP contribution in [0.5, 0.6) is 0 Å². The zero-order valence-corrected chi connectivity index (χ0v) is 6.25. The third kappa shape index (κ3) is 1.67. The molecule has 1 unspecified atom stereocenters. The maximum absolute atomic E-state index is 10.7. The maximum Gasteiger partial charge on any atom is 0.245 e. The number of aldehydes is 1. The molecular weight excluding hydrogens is 142 g/mol. The van der Waals surface area contributed by atoms with Crippen LogP contribution < -0.4 is 5.73 Å². The van der Waals surface area contributed by atoms with E-state index in [1.807, 2.05) is 0 Å². The summed E-state index contributed by atoms with van der Waals surface area (Å²) in [5.41, 5.74) is 5.56. The fourth-order valence-electron chi connectivity index (χ4n) is 1.33. The normalized spacial score (nSPS) is 24.0. The average Bonchev–Trinajstić information content (AvgIpc) is 2.04. The summed E-state index contributed by atoms with van der Waals surface area (Å²) < 4.78 is 0. The second kappa shape index (κ2) is 3.32. The standard InChI is InChI=1S/C8H11NO2/c9-8(11)7-4-2-1-3-6(7)5-10/h4-6H,1-3H2,(H2,9,11). The van der Waals surface area contributed by atoms with E-state index in [0.717, 1.165) is 25.5 Å². The fraction of sp³-hybridized carbons (Fsp3) is 0.500. The lowest BCUT2D eigenvalue weighted by atomic mass is 9.88. The van der Waals surface area contributed by atoms with Crippen LogP contribution >= 0.6 is 0 Å². The van der Waals surface area contributed by atoms with Gasteiger partial charge < -0.3 is 10.5 Å². The summed E-state index contributed by atoms with van der Waals surface area (Å²) in [5.74, 6) is -0.706. The van der Waals surface area contributed by atoms with Crippen LogP contribution in [0.3, 0.4) is 0 Å². The summed E-state index contributed by atoms with van der Waals surface area (Å²) in [5, 5.41) is 0. The monoisotopic (exact) mass is 153 g/mol. The van der Waals surface area contributed by atoms with Crippen LogP contribution in [0.2, 0.25) is 0 Å². The molecule has 0 fully saturated rings. The topological polar surface area (TPSA) is 60.2 Å². The van der Waals surface area contributed by atoms with Crippen LogP contribution in [0.4, 0.5) is 0 Å². The molecule has 2 N–H and O–H groups in total. The summed E-state index contributed by atoms with van der Waals surface area (Å²) >= 11 is 0. The van der Waals surface area contributed by atoms with Crippen molar-refractivity contribution in [2.75, 3.05) is 0 Å². The largest absolute Gasteiger partial charge is 0.366 e. The van der Waals surface area contributed by atoms with Gasteiger partial charge in [0.2, 0.25) is 5.91 Å². The van der Waals surface area contributed by atoms with Gasteiger partial charge in [-0.05, 0) is 19.3 Å². The molecule has 0 aliphatic heterocycles. The minimum atomic E-state index is -0.457. The van der Waals surface area contributed by atoms with Gasteiger partial charge in [-0.25, -0.2) is 0 Å². The Morgan fingerprint density at radius 1 is 1.73 bits per heavy atom. The van der Waals surface area contributed by atoms with E-state index < -0.39 is 5.91 Å². The molecule has 11 heavy (non-hydrogen) atoms. The second-order valence-corrected chi connectivity index (χ2v) is 2.70. The smallest absolute Gasteiger partial charge is 0.245 e. The predicted molar refractivity (Wildman–Crippen MR) is 40.7 cm³/mol. The van der Waals surface area contributed by atoms with E-state index in [1.54, 1.807) is 6.08 Å². The summed E-state index contributed by atoms with van der Waals surface area (Å²) in [6.45, 7) is 0. The summed E-state index contributed by atoms with van der Waals surface area (Å²) in [4.78, 5) is 21.1. The van der Waals surface area contributed by atoms with Gasteiger partial charge in [0.25, 0.3) is 0 Å². The second-order valence-electron chi connectivity index (χ2n) is 2.70. The molecule has 3 nitrogen and oxygen atoms in total. The Kier molecular flexibility index (Phi) is 2.41. The van der Waals surface area contributed by atoms with Gasteiger partial charge in [-0.1, -0.05) is 6.08 Å². The van der Waals surface area contributed by atoms with E-state index in [4.69, 9.17) is 5.73 Å². The van der Waals surface area contributed by atoms with Crippen molar-refractivity contribution in [3.05, 3.63) is 11.6 Å². The van der Waals surface area contributed by atoms with Crippen LogP contribution in [-0.2, 0) is 9.59 Å². The number of carbonyl (C=O) groups excluding carboxylic acids is 2. The molecule has 3 heteroatoms. The number of hydrogen-bond acceptors (Lipinski definition) is 2. The molecule has 1 amide bonds. The Bertz CT molecular complexity index is 208. The molecule has 0 saturated carbocycles. The van der Waals surface area contributed by atoms with Crippen LogP contribution in [-0.4, -0.2) is 12.2 Å². The fourth-order valence-corrected chi connectivity index (χ4v) is 1.33. The Balaban J connectivity index is 2.79. The Morgan fingerprint density at radius 3 is 2.91 bits per heavy atom. The summed E-state index contributed by atoms with van der Waals surface area (Å²) in [7, 11) is 0. The van der Waals surface area contributed by atoms with Crippen molar-refractivity contribution in [1.29, 1.82) is 0 Å². The Morgan fingerprint density at radius 2 is 2.45 bits per heavy atom. The van der Waals surface area contributed by atoms with Crippen molar-refractivity contribution < 1.29 is 9.59 Å². The number of primary amides is 1. The minimum absolute atomic E-state index is 0.249. The van der Waals surface area contributed by atoms with Gasteiger partial charge in [0, 0.05) is 11.5 Å². The van der Waals surface area contributed by atoms with Crippen molar-refractivity contribution in [1.82, 2.24) is 0 Å². The maximum atomic E-state index is 10.7. The third-order valence-electron chi connectivity index (χ3n) is 1.93. The summed E-state index contributed by atoms with van der Waals surface area (Å²) in [6, 6.07) is 0. The van der Waals surface area contributed by atoms with Crippen LogP contribution in [0.1, 0.15) is 19.3 Å². The van der Waals surface area contributed by atoms with Crippen LogP contribution in [0, 0.1) is 5.92 Å². The average molecular weight is 153 g/mol. The van der Waals surface area contributed by atoms with Gasteiger partial charge in [0.05, 0.1) is 0 Å². The molecule has 1 rings (SSSR count). The van der Waals surface area contributed by atoms with E-state index in [2.05, 4.69) is 0 Å². The first-order chi connectivity index (χ1) is 5.25. The molecule has 1 atom stereocenters. The molecule has 0 bridgehead atoms. The highest BCUT2D eigenvalue weighted by molar-refractivity contribution is 5.95. The van der Waals surface area contributed by atoms with Gasteiger partial charge in [-0.3, -0.25) is 4.79 Å². The third-order valence-corrected chi connectivity index (χ3v) is 1.93. The lowest BCUT2D eigenvalue weighted by Crippen LogP contribution is -2.23. The zero-order valence-electron chi connectivity index (χ0n) is 6.25. The van der Waals surface area contributed by atoms with Crippen molar-refractivity contribution in [2.45, 2.75) is 19.3 Å². The number of hydrogen-bond donors (Lipinski definition) is 1. The number of allylic oxidation sites excluding steroid dienone is 1. The molecule has 0 spiro atoms. The van der Waals surface area contributed by atoms with E-state index in [0.29, 0.717) is 5.57 Å². The van der Waals surface area contributed by atoms with E-state index in [9.17, 15) is 9.59 Å². The Labute approximate surface area is 65.3 Å². The molecule has 0 heterocycles. The predicted octanol–water partition coefficient (Wildman–Crippen LogP) is 0.397. The number of rotatable bonds is 2. The molecule has 1 aliphatic rings. The van der Waals surface area contributed by atoms with Crippen molar-refractivity contribution in [3.8, 4) is 0 Å². The van der Waals surface area contributed by atoms with Gasteiger partial charge in [-0.2, -0.15) is 0 Å². The first-order valence-electron chi connectivity index (χ1n) is 3.71. The van der Waals surface area contributed by atoms with Crippen LogP contribution in [0.25, 0.3) is 0 Å². The minimum Gasteiger partial charge on any atom is -0.366 e. The highest BCUT2D eigenvalue weighted by atomic mass is 16.1. The highest BCUT2D eigenvalue weighted by Crippen LogP contribution is 2.22. The molecule has 0 aromatic carbocycles. The molecule has 0 aromatic heterocycles. The van der Waals surface area contributed by atoms with Gasteiger partial charge >= 0.3 is 0 Å². The molecule has 0 aromatic rings. The lowest BCUT2D eigenvalue weighted by molar-refractivity contribution is -0.117. The molecule has 0 radical (unpaired) electrons. The molecule has 0 saturated heterocycles. The van der Waals surface area contributed by atoms with Crippen molar-refractivity contribution in [3.63, 3.8) is 0 Å². The van der Waals surface area contributed by atoms with Gasteiger partial charge in [0.1, 0.15) is 6.29 Å². The van der Waals surface area contributed by atoms with E-state index in [1.165, 1.54) is 0 Å². The number of nitrogens with two attached hydrogens (primary N) is 1. The number of amides is 1. The van der Waals surface area contributed by atoms with E-state index >= 15 is 0 Å². The van der Waals surface area contributed by atoms with E-state index in [-0.39, 0.29) is 5.92 Å². The highest BCUT2D eigenvalue weighted by Gasteiger charge is 2.20. The van der Waals surface area contributed by atoms with Gasteiger partial charge in [0.15, 0.2) is 0 Å². The quantitative estimate of drug-likeness (QED) is 0.583. The molecule has 1 aliphatic carbocycles. The van der Waals surface area contributed by atoms with Gasteiger partial charge in [-0.15, -0.1) is 0 Å². The lowest BCUT2D eigenvalue weighted by Gasteiger charge is -2.15. The number of carbonyl (C=O) groups is 2. The van der Waals surface area contributed by atoms with Crippen molar-refractivity contribution >= 4 is 12.2 Å². The first kappa shape index (κ1) is 7.98. The first-order valence-corrected chi connectivity index (χ1v) is 3.71. The SMILES string of the molecule is NC(=O)C1=CCCCC1C=O. The molecule has 60 valence electrons.